The maximum atomic E-state index is 13.0. The first-order valence-electron chi connectivity index (χ1n) is 10.5. The minimum atomic E-state index is -0.397. The Morgan fingerprint density at radius 1 is 1.10 bits per heavy atom. The SMILES string of the molecule is CCCn1c(S[C@@H](C)C(=O)Nc2ccccc2[C@H](C)CC)nc2ccccc2c1=O. The van der Waals surface area contributed by atoms with Crippen LogP contribution in [0.2, 0.25) is 0 Å². The molecule has 2 atom stereocenters. The first kappa shape index (κ1) is 22.1. The number of fused-ring (bicyclic) bond motifs is 1. The summed E-state index contributed by atoms with van der Waals surface area (Å²) in [6.07, 6.45) is 1.82. The molecule has 3 rings (SSSR count). The number of anilines is 1. The van der Waals surface area contributed by atoms with E-state index in [0.29, 0.717) is 28.5 Å². The van der Waals surface area contributed by atoms with E-state index in [1.165, 1.54) is 11.8 Å². The number of hydrogen-bond acceptors (Lipinski definition) is 4. The van der Waals surface area contributed by atoms with Gasteiger partial charge in [-0.1, -0.05) is 62.9 Å². The third kappa shape index (κ3) is 4.75. The average molecular weight is 424 g/mol. The van der Waals surface area contributed by atoms with Crippen LogP contribution in [0, 0.1) is 0 Å². The monoisotopic (exact) mass is 423 g/mol. The molecule has 0 bridgehead atoms. The molecule has 1 amide bonds. The highest BCUT2D eigenvalue weighted by atomic mass is 32.2. The van der Waals surface area contributed by atoms with Crippen molar-refractivity contribution in [2.45, 2.75) is 63.4 Å². The van der Waals surface area contributed by atoms with E-state index in [2.05, 4.69) is 30.2 Å². The molecule has 0 unspecified atom stereocenters. The lowest BCUT2D eigenvalue weighted by atomic mass is 9.97. The maximum absolute atomic E-state index is 13.0. The van der Waals surface area contributed by atoms with Gasteiger partial charge in [0.2, 0.25) is 5.91 Å². The number of aromatic nitrogens is 2. The van der Waals surface area contributed by atoms with Crippen molar-refractivity contribution >= 4 is 34.3 Å². The molecule has 6 heteroatoms. The van der Waals surface area contributed by atoms with Gasteiger partial charge in [0, 0.05) is 12.2 Å². The van der Waals surface area contributed by atoms with Crippen molar-refractivity contribution in [3.8, 4) is 0 Å². The van der Waals surface area contributed by atoms with Gasteiger partial charge in [-0.25, -0.2) is 4.98 Å². The molecule has 0 aliphatic heterocycles. The first-order chi connectivity index (χ1) is 14.5. The number of carbonyl (C=O) groups excluding carboxylic acids is 1. The average Bonchev–Trinajstić information content (AvgIpc) is 2.76. The molecule has 0 aliphatic rings. The predicted octanol–water partition coefficient (Wildman–Crippen LogP) is 5.44. The number of para-hydroxylation sites is 2. The summed E-state index contributed by atoms with van der Waals surface area (Å²) in [7, 11) is 0. The zero-order valence-electron chi connectivity index (χ0n) is 18.0. The molecule has 2 aromatic carbocycles. The summed E-state index contributed by atoms with van der Waals surface area (Å²) in [6, 6.07) is 15.3. The van der Waals surface area contributed by atoms with Crippen molar-refractivity contribution in [1.29, 1.82) is 0 Å². The second-order valence-electron chi connectivity index (χ2n) is 7.51. The lowest BCUT2D eigenvalue weighted by Crippen LogP contribution is -2.27. The van der Waals surface area contributed by atoms with Gasteiger partial charge in [0.25, 0.3) is 5.56 Å². The van der Waals surface area contributed by atoms with Crippen LogP contribution >= 0.6 is 11.8 Å². The van der Waals surface area contributed by atoms with Crippen molar-refractivity contribution in [2.75, 3.05) is 5.32 Å². The van der Waals surface area contributed by atoms with Crippen molar-refractivity contribution in [2.24, 2.45) is 0 Å². The van der Waals surface area contributed by atoms with E-state index in [1.807, 2.05) is 50.2 Å². The molecule has 30 heavy (non-hydrogen) atoms. The predicted molar refractivity (Wildman–Crippen MR) is 125 cm³/mol. The minimum absolute atomic E-state index is 0.0559. The molecular formula is C24H29N3O2S. The Labute approximate surface area is 181 Å². The van der Waals surface area contributed by atoms with Gasteiger partial charge < -0.3 is 5.32 Å². The summed E-state index contributed by atoms with van der Waals surface area (Å²) in [5.41, 5.74) is 2.59. The molecule has 0 fully saturated rings. The van der Waals surface area contributed by atoms with Crippen LogP contribution in [-0.4, -0.2) is 20.7 Å². The molecule has 0 saturated carbocycles. The van der Waals surface area contributed by atoms with Crippen molar-refractivity contribution in [1.82, 2.24) is 9.55 Å². The molecule has 0 radical (unpaired) electrons. The van der Waals surface area contributed by atoms with E-state index < -0.39 is 5.25 Å². The summed E-state index contributed by atoms with van der Waals surface area (Å²) >= 11 is 1.33. The van der Waals surface area contributed by atoms with Crippen LogP contribution in [0.4, 0.5) is 5.69 Å². The Hall–Kier alpha value is -2.60. The number of benzene rings is 2. The maximum Gasteiger partial charge on any atom is 0.262 e. The fourth-order valence-corrected chi connectivity index (χ4v) is 4.30. The van der Waals surface area contributed by atoms with E-state index in [0.717, 1.165) is 24.1 Å². The lowest BCUT2D eigenvalue weighted by molar-refractivity contribution is -0.115. The lowest BCUT2D eigenvalue weighted by Gasteiger charge is -2.19. The second kappa shape index (κ2) is 9.94. The van der Waals surface area contributed by atoms with Crippen molar-refractivity contribution in [3.63, 3.8) is 0 Å². The van der Waals surface area contributed by atoms with Crippen LogP contribution in [0.5, 0.6) is 0 Å². The van der Waals surface area contributed by atoms with Gasteiger partial charge in [-0.05, 0) is 49.4 Å². The zero-order valence-corrected chi connectivity index (χ0v) is 18.8. The molecule has 5 nitrogen and oxygen atoms in total. The smallest absolute Gasteiger partial charge is 0.262 e. The standard InChI is InChI=1S/C24H29N3O2S/c1-5-15-27-23(29)19-12-8-10-14-21(19)26-24(27)30-17(4)22(28)25-20-13-9-7-11-18(20)16(3)6-2/h7-14,16-17H,5-6,15H2,1-4H3,(H,25,28)/t16-,17+/m1/s1. The molecule has 0 aliphatic carbocycles. The van der Waals surface area contributed by atoms with Crippen LogP contribution in [0.25, 0.3) is 10.9 Å². The van der Waals surface area contributed by atoms with Gasteiger partial charge in [0.05, 0.1) is 16.2 Å². The quantitative estimate of drug-likeness (QED) is 0.387. The topological polar surface area (TPSA) is 64.0 Å². The van der Waals surface area contributed by atoms with Gasteiger partial charge in [0.15, 0.2) is 5.16 Å². The summed E-state index contributed by atoms with van der Waals surface area (Å²) in [5, 5.41) is 3.87. The fourth-order valence-electron chi connectivity index (χ4n) is 3.36. The zero-order chi connectivity index (χ0) is 21.7. The molecule has 0 saturated heterocycles. The Morgan fingerprint density at radius 2 is 1.80 bits per heavy atom. The third-order valence-electron chi connectivity index (χ3n) is 5.29. The van der Waals surface area contributed by atoms with E-state index >= 15 is 0 Å². The molecule has 0 spiro atoms. The number of rotatable bonds is 8. The minimum Gasteiger partial charge on any atom is -0.325 e. The molecule has 1 heterocycles. The largest absolute Gasteiger partial charge is 0.325 e. The van der Waals surface area contributed by atoms with Crippen LogP contribution in [0.1, 0.15) is 52.0 Å². The highest BCUT2D eigenvalue weighted by molar-refractivity contribution is 8.00. The van der Waals surface area contributed by atoms with Gasteiger partial charge >= 0.3 is 0 Å². The summed E-state index contributed by atoms with van der Waals surface area (Å²) in [5.74, 6) is 0.266. The second-order valence-corrected chi connectivity index (χ2v) is 8.82. The van der Waals surface area contributed by atoms with Crippen molar-refractivity contribution < 1.29 is 4.79 Å². The van der Waals surface area contributed by atoms with Gasteiger partial charge in [0.1, 0.15) is 0 Å². The van der Waals surface area contributed by atoms with Gasteiger partial charge in [-0.2, -0.15) is 0 Å². The summed E-state index contributed by atoms with van der Waals surface area (Å²) < 4.78 is 1.68. The van der Waals surface area contributed by atoms with E-state index in [9.17, 15) is 9.59 Å². The Bertz CT molecular complexity index is 1090. The highest BCUT2D eigenvalue weighted by Gasteiger charge is 2.20. The van der Waals surface area contributed by atoms with Crippen molar-refractivity contribution in [3.05, 3.63) is 64.4 Å². The first-order valence-corrected chi connectivity index (χ1v) is 11.4. The number of hydrogen-bond donors (Lipinski definition) is 1. The van der Waals surface area contributed by atoms with E-state index in [1.54, 1.807) is 10.6 Å². The molecule has 1 N–H and O–H groups in total. The number of thioether (sulfide) groups is 1. The fraction of sp³-hybridized carbons (Fsp3) is 0.375. The Morgan fingerprint density at radius 3 is 2.53 bits per heavy atom. The third-order valence-corrected chi connectivity index (χ3v) is 6.38. The number of nitrogens with zero attached hydrogens (tertiary/aromatic N) is 2. The number of amides is 1. The van der Waals surface area contributed by atoms with Crippen LogP contribution in [0.3, 0.4) is 0 Å². The van der Waals surface area contributed by atoms with E-state index in [-0.39, 0.29) is 11.5 Å². The summed E-state index contributed by atoms with van der Waals surface area (Å²) in [4.78, 5) is 30.6. The van der Waals surface area contributed by atoms with Gasteiger partial charge in [-0.15, -0.1) is 0 Å². The number of carbonyl (C=O) groups is 1. The normalized spacial score (nSPS) is 13.2. The van der Waals surface area contributed by atoms with Crippen LogP contribution in [0.15, 0.2) is 58.5 Å². The molecule has 3 aromatic rings. The highest BCUT2D eigenvalue weighted by Crippen LogP contribution is 2.28. The van der Waals surface area contributed by atoms with Crippen LogP contribution in [-0.2, 0) is 11.3 Å². The van der Waals surface area contributed by atoms with Crippen LogP contribution < -0.4 is 10.9 Å². The Balaban J connectivity index is 1.86. The van der Waals surface area contributed by atoms with Gasteiger partial charge in [-0.3, -0.25) is 14.2 Å². The summed E-state index contributed by atoms with van der Waals surface area (Å²) in [6.45, 7) is 8.75. The molecule has 158 valence electrons. The molecule has 1 aromatic heterocycles. The molecular weight excluding hydrogens is 394 g/mol. The number of nitrogens with one attached hydrogen (secondary N) is 1. The Kier molecular flexibility index (Phi) is 7.32. The van der Waals surface area contributed by atoms with E-state index in [4.69, 9.17) is 0 Å².